The van der Waals surface area contributed by atoms with Gasteiger partial charge in [-0.15, -0.1) is 0 Å². The molecule has 0 aliphatic carbocycles. The fourth-order valence-corrected chi connectivity index (χ4v) is 2.88. The van der Waals surface area contributed by atoms with Crippen LogP contribution in [0.1, 0.15) is 21.6 Å². The lowest BCUT2D eigenvalue weighted by Gasteiger charge is -2.08. The van der Waals surface area contributed by atoms with Gasteiger partial charge in [-0.05, 0) is 33.6 Å². The minimum absolute atomic E-state index is 0.124. The summed E-state index contributed by atoms with van der Waals surface area (Å²) in [7, 11) is 0. The van der Waals surface area contributed by atoms with E-state index in [1.807, 2.05) is 24.3 Å². The molecule has 0 unspecified atom stereocenters. The van der Waals surface area contributed by atoms with E-state index in [4.69, 9.17) is 4.74 Å². The number of ketones is 1. The smallest absolute Gasteiger partial charge is 0.270 e. The molecule has 3 aromatic rings. The van der Waals surface area contributed by atoms with Gasteiger partial charge in [0.2, 0.25) is 0 Å². The number of hydrogen-bond acceptors (Lipinski definition) is 5. The number of halogens is 2. The SMILES string of the molecule is O=C(Cn1ncc(OCc2ccc(Br)cn2)cc1=O)c1ccc(CBr)cc1. The molecule has 2 heterocycles. The van der Waals surface area contributed by atoms with Gasteiger partial charge in [-0.1, -0.05) is 40.2 Å². The zero-order valence-electron chi connectivity index (χ0n) is 14.1. The predicted octanol–water partition coefficient (Wildman–Crippen LogP) is 3.76. The topological polar surface area (TPSA) is 74.1 Å². The Labute approximate surface area is 172 Å². The van der Waals surface area contributed by atoms with Crippen LogP contribution in [0.2, 0.25) is 0 Å². The van der Waals surface area contributed by atoms with Gasteiger partial charge in [0, 0.05) is 27.6 Å². The summed E-state index contributed by atoms with van der Waals surface area (Å²) < 4.78 is 7.53. The third-order valence-electron chi connectivity index (χ3n) is 3.74. The van der Waals surface area contributed by atoms with Crippen molar-refractivity contribution in [2.45, 2.75) is 18.5 Å². The zero-order valence-corrected chi connectivity index (χ0v) is 17.3. The number of alkyl halides is 1. The Morgan fingerprint density at radius 3 is 2.52 bits per heavy atom. The van der Waals surface area contributed by atoms with E-state index >= 15 is 0 Å². The quantitative estimate of drug-likeness (QED) is 0.371. The normalized spacial score (nSPS) is 10.6. The summed E-state index contributed by atoms with van der Waals surface area (Å²) in [4.78, 5) is 28.7. The highest BCUT2D eigenvalue weighted by atomic mass is 79.9. The van der Waals surface area contributed by atoms with Gasteiger partial charge in [0.05, 0.1) is 11.9 Å². The molecule has 0 N–H and O–H groups in total. The van der Waals surface area contributed by atoms with E-state index in [-0.39, 0.29) is 18.9 Å². The lowest BCUT2D eigenvalue weighted by atomic mass is 10.1. The van der Waals surface area contributed by atoms with E-state index in [0.717, 1.165) is 25.7 Å². The molecule has 0 saturated heterocycles. The third-order valence-corrected chi connectivity index (χ3v) is 4.86. The van der Waals surface area contributed by atoms with Crippen LogP contribution in [0.5, 0.6) is 5.75 Å². The van der Waals surface area contributed by atoms with E-state index in [9.17, 15) is 9.59 Å². The molecule has 2 aromatic heterocycles. The van der Waals surface area contributed by atoms with Crippen molar-refractivity contribution in [2.24, 2.45) is 0 Å². The Morgan fingerprint density at radius 2 is 1.89 bits per heavy atom. The predicted molar refractivity (Wildman–Crippen MR) is 108 cm³/mol. The molecular weight excluding hydrogens is 478 g/mol. The Morgan fingerprint density at radius 1 is 1.11 bits per heavy atom. The Kier molecular flexibility index (Phi) is 6.52. The van der Waals surface area contributed by atoms with E-state index in [0.29, 0.717) is 11.3 Å². The Balaban J connectivity index is 1.64. The first-order valence-electron chi connectivity index (χ1n) is 8.03. The summed E-state index contributed by atoms with van der Waals surface area (Å²) in [6, 6.07) is 12.2. The average molecular weight is 493 g/mol. The Bertz CT molecular complexity index is 986. The third kappa shape index (κ3) is 5.33. The van der Waals surface area contributed by atoms with Crippen molar-refractivity contribution < 1.29 is 9.53 Å². The lowest BCUT2D eigenvalue weighted by molar-refractivity contribution is 0.0965. The first-order chi connectivity index (χ1) is 13.0. The van der Waals surface area contributed by atoms with E-state index in [1.54, 1.807) is 18.3 Å². The van der Waals surface area contributed by atoms with Crippen molar-refractivity contribution in [3.8, 4) is 5.75 Å². The summed E-state index contributed by atoms with van der Waals surface area (Å²) in [5.74, 6) is 0.147. The van der Waals surface area contributed by atoms with E-state index in [2.05, 4.69) is 41.9 Å². The molecule has 0 saturated carbocycles. The van der Waals surface area contributed by atoms with Crippen molar-refractivity contribution in [3.05, 3.63) is 86.5 Å². The molecule has 0 amide bonds. The highest BCUT2D eigenvalue weighted by molar-refractivity contribution is 9.10. The molecule has 0 aliphatic rings. The second-order valence-electron chi connectivity index (χ2n) is 5.70. The molecule has 3 rings (SSSR count). The maximum atomic E-state index is 12.3. The number of pyridine rings is 1. The average Bonchev–Trinajstić information content (AvgIpc) is 2.69. The van der Waals surface area contributed by atoms with Crippen LogP contribution < -0.4 is 10.3 Å². The molecule has 0 fully saturated rings. The van der Waals surface area contributed by atoms with Crippen LogP contribution in [0.25, 0.3) is 0 Å². The maximum absolute atomic E-state index is 12.3. The van der Waals surface area contributed by atoms with Crippen molar-refractivity contribution in [3.63, 3.8) is 0 Å². The number of ether oxygens (including phenoxy) is 1. The number of carbonyl (C=O) groups is 1. The number of hydrogen-bond donors (Lipinski definition) is 0. The number of Topliss-reactive ketones (excluding diaryl/α,β-unsaturated/α-hetero) is 1. The summed E-state index contributed by atoms with van der Waals surface area (Å²) in [5, 5.41) is 4.75. The van der Waals surface area contributed by atoms with Crippen LogP contribution in [0.3, 0.4) is 0 Å². The summed E-state index contributed by atoms with van der Waals surface area (Å²) >= 11 is 6.68. The maximum Gasteiger partial charge on any atom is 0.270 e. The number of nitrogens with zero attached hydrogens (tertiary/aromatic N) is 3. The summed E-state index contributed by atoms with van der Waals surface area (Å²) in [5.41, 5.74) is 1.94. The van der Waals surface area contributed by atoms with Crippen LogP contribution in [0, 0.1) is 0 Å². The second-order valence-corrected chi connectivity index (χ2v) is 7.17. The van der Waals surface area contributed by atoms with Gasteiger partial charge in [-0.2, -0.15) is 5.10 Å². The van der Waals surface area contributed by atoms with E-state index in [1.165, 1.54) is 12.3 Å². The monoisotopic (exact) mass is 491 g/mol. The van der Waals surface area contributed by atoms with Crippen LogP contribution in [-0.4, -0.2) is 20.5 Å². The molecule has 0 spiro atoms. The van der Waals surface area contributed by atoms with Crippen LogP contribution >= 0.6 is 31.9 Å². The van der Waals surface area contributed by atoms with Crippen LogP contribution in [-0.2, 0) is 18.5 Å². The summed E-state index contributed by atoms with van der Waals surface area (Å²) in [6.07, 6.45) is 3.09. The van der Waals surface area contributed by atoms with E-state index < -0.39 is 5.56 Å². The minimum atomic E-state index is -0.401. The van der Waals surface area contributed by atoms with Crippen molar-refractivity contribution >= 4 is 37.6 Å². The van der Waals surface area contributed by atoms with Gasteiger partial charge in [0.25, 0.3) is 5.56 Å². The van der Waals surface area contributed by atoms with Gasteiger partial charge in [-0.3, -0.25) is 14.6 Å². The molecule has 6 nitrogen and oxygen atoms in total. The van der Waals surface area contributed by atoms with Gasteiger partial charge >= 0.3 is 0 Å². The fourth-order valence-electron chi connectivity index (χ4n) is 2.27. The van der Waals surface area contributed by atoms with Gasteiger partial charge in [-0.25, -0.2) is 4.68 Å². The molecule has 0 atom stereocenters. The number of aromatic nitrogens is 3. The van der Waals surface area contributed by atoms with Crippen LogP contribution in [0.15, 0.2) is 64.1 Å². The van der Waals surface area contributed by atoms with Crippen molar-refractivity contribution in [2.75, 3.05) is 0 Å². The van der Waals surface area contributed by atoms with Gasteiger partial charge < -0.3 is 4.74 Å². The van der Waals surface area contributed by atoms with Crippen LogP contribution in [0.4, 0.5) is 0 Å². The number of benzene rings is 1. The molecule has 138 valence electrons. The zero-order chi connectivity index (χ0) is 19.2. The number of rotatable bonds is 7. The minimum Gasteiger partial charge on any atom is -0.485 e. The fraction of sp³-hybridized carbons (Fsp3) is 0.158. The lowest BCUT2D eigenvalue weighted by Crippen LogP contribution is -2.26. The highest BCUT2D eigenvalue weighted by Gasteiger charge is 2.10. The Hall–Kier alpha value is -2.32. The first-order valence-corrected chi connectivity index (χ1v) is 9.95. The van der Waals surface area contributed by atoms with Gasteiger partial charge in [0.1, 0.15) is 18.9 Å². The van der Waals surface area contributed by atoms with Crippen molar-refractivity contribution in [1.29, 1.82) is 0 Å². The summed E-state index contributed by atoms with van der Waals surface area (Å²) in [6.45, 7) is 0.0955. The highest BCUT2D eigenvalue weighted by Crippen LogP contribution is 2.11. The van der Waals surface area contributed by atoms with Gasteiger partial charge in [0.15, 0.2) is 5.78 Å². The molecule has 1 aromatic carbocycles. The largest absolute Gasteiger partial charge is 0.485 e. The number of carbonyl (C=O) groups excluding carboxylic acids is 1. The molecular formula is C19H15Br2N3O3. The molecule has 0 aliphatic heterocycles. The molecule has 27 heavy (non-hydrogen) atoms. The molecule has 0 radical (unpaired) electrons. The second kappa shape index (κ2) is 9.05. The standard InChI is InChI=1S/C19H15Br2N3O3/c20-8-13-1-3-14(4-2-13)18(25)11-24-19(26)7-17(10-23-24)27-12-16-6-5-15(21)9-22-16/h1-7,9-10H,8,11-12H2. The first kappa shape index (κ1) is 19.4. The molecule has 0 bridgehead atoms. The van der Waals surface area contributed by atoms with Crippen molar-refractivity contribution in [1.82, 2.24) is 14.8 Å². The molecule has 8 heteroatoms.